The predicted molar refractivity (Wildman–Crippen MR) is 129 cm³/mol. The van der Waals surface area contributed by atoms with Gasteiger partial charge < -0.3 is 24.7 Å². The summed E-state index contributed by atoms with van der Waals surface area (Å²) in [4.78, 5) is 42.6. The summed E-state index contributed by atoms with van der Waals surface area (Å²) in [6, 6.07) is 18.8. The lowest BCUT2D eigenvalue weighted by Crippen LogP contribution is -2.40. The van der Waals surface area contributed by atoms with Crippen molar-refractivity contribution in [2.75, 3.05) is 19.7 Å². The molecule has 0 bridgehead atoms. The van der Waals surface area contributed by atoms with Crippen LogP contribution in [-0.4, -0.2) is 57.5 Å². The highest BCUT2D eigenvalue weighted by Gasteiger charge is 2.29. The molecular weight excluding hydrogens is 434 g/mol. The molecule has 0 spiro atoms. The van der Waals surface area contributed by atoms with Gasteiger partial charge in [-0.25, -0.2) is 4.79 Å². The van der Waals surface area contributed by atoms with Crippen LogP contribution in [0.2, 0.25) is 0 Å². The topological polar surface area (TPSA) is 115 Å². The van der Waals surface area contributed by atoms with Crippen LogP contribution in [0.4, 0.5) is 0 Å². The minimum absolute atomic E-state index is 0.00138. The van der Waals surface area contributed by atoms with Gasteiger partial charge in [0.15, 0.2) is 0 Å². The van der Waals surface area contributed by atoms with Gasteiger partial charge >= 0.3 is 11.9 Å². The lowest BCUT2D eigenvalue weighted by Gasteiger charge is -2.30. The number of aromatic amines is 2. The highest BCUT2D eigenvalue weighted by Crippen LogP contribution is 2.22. The van der Waals surface area contributed by atoms with Crippen LogP contribution in [0.1, 0.15) is 40.7 Å². The highest BCUT2D eigenvalue weighted by molar-refractivity contribution is 5.98. The van der Waals surface area contributed by atoms with E-state index in [9.17, 15) is 14.4 Å². The second-order valence-corrected chi connectivity index (χ2v) is 8.16. The number of carboxylic acid groups (broad SMARTS) is 1. The van der Waals surface area contributed by atoms with Crippen LogP contribution in [0.25, 0.3) is 21.8 Å². The number of rotatable bonds is 4. The first-order valence-electron chi connectivity index (χ1n) is 11.3. The summed E-state index contributed by atoms with van der Waals surface area (Å²) in [5, 5.41) is 10.6. The summed E-state index contributed by atoms with van der Waals surface area (Å²) in [6.07, 6.45) is 1.34. The lowest BCUT2D eigenvalue weighted by atomic mass is 9.97. The molecule has 8 nitrogen and oxygen atoms in total. The molecule has 1 amide bonds. The predicted octanol–water partition coefficient (Wildman–Crippen LogP) is 4.45. The number of carboxylic acids is 1. The first-order chi connectivity index (χ1) is 16.5. The van der Waals surface area contributed by atoms with E-state index in [0.717, 1.165) is 21.8 Å². The van der Waals surface area contributed by atoms with Crippen molar-refractivity contribution in [1.29, 1.82) is 0 Å². The van der Waals surface area contributed by atoms with E-state index >= 15 is 0 Å². The number of fused-ring (bicyclic) bond motifs is 2. The Morgan fingerprint density at radius 2 is 1.44 bits per heavy atom. The fourth-order valence-corrected chi connectivity index (χ4v) is 4.13. The number of likely N-dealkylation sites (tertiary alicyclic amines) is 1. The number of benzene rings is 2. The third-order valence-corrected chi connectivity index (χ3v) is 5.92. The second-order valence-electron chi connectivity index (χ2n) is 8.16. The van der Waals surface area contributed by atoms with Gasteiger partial charge in [0.05, 0.1) is 12.5 Å². The molecule has 1 fully saturated rings. The molecule has 34 heavy (non-hydrogen) atoms. The van der Waals surface area contributed by atoms with E-state index in [1.807, 2.05) is 61.5 Å². The lowest BCUT2D eigenvalue weighted by molar-refractivity contribution is -0.149. The molecule has 1 aliphatic heterocycles. The quantitative estimate of drug-likeness (QED) is 0.389. The average Bonchev–Trinajstić information content (AvgIpc) is 3.49. The monoisotopic (exact) mass is 461 g/mol. The molecule has 4 aromatic rings. The molecule has 1 aliphatic rings. The van der Waals surface area contributed by atoms with Gasteiger partial charge in [-0.05, 0) is 44.0 Å². The van der Waals surface area contributed by atoms with Gasteiger partial charge in [0, 0.05) is 34.9 Å². The van der Waals surface area contributed by atoms with E-state index in [2.05, 4.69) is 9.97 Å². The van der Waals surface area contributed by atoms with Crippen LogP contribution in [0, 0.1) is 5.92 Å². The molecular formula is C26H27N3O5. The molecule has 2 aromatic carbocycles. The van der Waals surface area contributed by atoms with E-state index in [-0.39, 0.29) is 23.5 Å². The number of aromatic nitrogens is 2. The zero-order valence-corrected chi connectivity index (χ0v) is 18.9. The van der Waals surface area contributed by atoms with E-state index in [1.54, 1.807) is 11.0 Å². The van der Waals surface area contributed by atoms with Crippen LogP contribution in [0.3, 0.4) is 0 Å². The largest absolute Gasteiger partial charge is 0.477 e. The number of piperidine rings is 1. The Kier molecular flexibility index (Phi) is 6.96. The van der Waals surface area contributed by atoms with Crippen molar-refractivity contribution in [2.45, 2.75) is 19.8 Å². The number of amides is 1. The number of aromatic carboxylic acids is 1. The standard InChI is InChI=1S/C17H20N2O3.C9H7NO2/c1-2-22-17(21)12-7-9-19(10-8-12)16(20)15-11-13-5-3-4-6-14(13)18-15;11-9(12)8-5-6-3-1-2-4-7(6)10-8/h3-6,11-12,18H,2,7-10H2,1H3;1-5,10H,(H,11,12). The minimum atomic E-state index is -0.925. The van der Waals surface area contributed by atoms with Gasteiger partial charge in [0.1, 0.15) is 11.4 Å². The smallest absolute Gasteiger partial charge is 0.352 e. The number of hydrogen-bond donors (Lipinski definition) is 3. The van der Waals surface area contributed by atoms with Crippen molar-refractivity contribution in [1.82, 2.24) is 14.9 Å². The summed E-state index contributed by atoms with van der Waals surface area (Å²) in [7, 11) is 0. The number of para-hydroxylation sites is 2. The Balaban J connectivity index is 0.000000192. The fourth-order valence-electron chi connectivity index (χ4n) is 4.13. The fraction of sp³-hybridized carbons (Fsp3) is 0.269. The molecule has 2 aromatic heterocycles. The third kappa shape index (κ3) is 5.11. The van der Waals surface area contributed by atoms with E-state index in [4.69, 9.17) is 9.84 Å². The summed E-state index contributed by atoms with van der Waals surface area (Å²) < 4.78 is 5.05. The molecule has 0 unspecified atom stereocenters. The zero-order chi connectivity index (χ0) is 24.1. The number of nitrogens with zero attached hydrogens (tertiary/aromatic N) is 1. The molecule has 0 atom stereocenters. The molecule has 3 N–H and O–H groups in total. The number of ether oxygens (including phenoxy) is 1. The van der Waals surface area contributed by atoms with Crippen molar-refractivity contribution >= 4 is 39.7 Å². The number of carbonyl (C=O) groups excluding carboxylic acids is 2. The van der Waals surface area contributed by atoms with Crippen molar-refractivity contribution in [3.05, 3.63) is 72.1 Å². The molecule has 0 radical (unpaired) electrons. The van der Waals surface area contributed by atoms with Crippen LogP contribution in [-0.2, 0) is 9.53 Å². The number of hydrogen-bond acceptors (Lipinski definition) is 4. The third-order valence-electron chi connectivity index (χ3n) is 5.92. The summed E-state index contributed by atoms with van der Waals surface area (Å²) in [6.45, 7) is 3.41. The van der Waals surface area contributed by atoms with Gasteiger partial charge in [-0.1, -0.05) is 36.4 Å². The second kappa shape index (κ2) is 10.2. The maximum absolute atomic E-state index is 12.6. The number of H-pyrrole nitrogens is 2. The number of nitrogens with one attached hydrogen (secondary N) is 2. The molecule has 0 aliphatic carbocycles. The van der Waals surface area contributed by atoms with Crippen LogP contribution < -0.4 is 0 Å². The molecule has 8 heteroatoms. The van der Waals surface area contributed by atoms with Crippen molar-refractivity contribution in [2.24, 2.45) is 5.92 Å². The van der Waals surface area contributed by atoms with Gasteiger partial charge in [-0.15, -0.1) is 0 Å². The summed E-state index contributed by atoms with van der Waals surface area (Å²) in [5.74, 6) is -1.14. The maximum atomic E-state index is 12.6. The Bertz CT molecular complexity index is 1250. The first-order valence-corrected chi connectivity index (χ1v) is 11.3. The minimum Gasteiger partial charge on any atom is -0.477 e. The highest BCUT2D eigenvalue weighted by atomic mass is 16.5. The van der Waals surface area contributed by atoms with E-state index in [0.29, 0.717) is 38.2 Å². The normalized spacial score (nSPS) is 14.0. The number of carbonyl (C=O) groups is 3. The molecule has 1 saturated heterocycles. The van der Waals surface area contributed by atoms with Gasteiger partial charge in [0.2, 0.25) is 0 Å². The molecule has 5 rings (SSSR count). The van der Waals surface area contributed by atoms with Gasteiger partial charge in [-0.2, -0.15) is 0 Å². The average molecular weight is 462 g/mol. The van der Waals surface area contributed by atoms with Crippen LogP contribution in [0.15, 0.2) is 60.7 Å². The van der Waals surface area contributed by atoms with Crippen LogP contribution >= 0.6 is 0 Å². The van der Waals surface area contributed by atoms with Gasteiger partial charge in [-0.3, -0.25) is 9.59 Å². The Morgan fingerprint density at radius 3 is 1.97 bits per heavy atom. The van der Waals surface area contributed by atoms with Crippen molar-refractivity contribution in [3.8, 4) is 0 Å². The molecule has 176 valence electrons. The van der Waals surface area contributed by atoms with E-state index < -0.39 is 5.97 Å². The van der Waals surface area contributed by atoms with E-state index in [1.165, 1.54) is 0 Å². The SMILES string of the molecule is CCOC(=O)C1CCN(C(=O)c2cc3ccccc3[nH]2)CC1.O=C(O)c1cc2ccccc2[nH]1. The zero-order valence-electron chi connectivity index (χ0n) is 18.9. The first kappa shape index (κ1) is 23.1. The maximum Gasteiger partial charge on any atom is 0.352 e. The van der Waals surface area contributed by atoms with Crippen molar-refractivity contribution < 1.29 is 24.2 Å². The van der Waals surface area contributed by atoms with Gasteiger partial charge in [0.25, 0.3) is 5.91 Å². The number of esters is 1. The Labute approximate surface area is 196 Å². The van der Waals surface area contributed by atoms with Crippen molar-refractivity contribution in [3.63, 3.8) is 0 Å². The molecule has 0 saturated carbocycles. The Morgan fingerprint density at radius 1 is 0.912 bits per heavy atom. The molecule has 3 heterocycles. The van der Waals surface area contributed by atoms with Crippen LogP contribution in [0.5, 0.6) is 0 Å². The summed E-state index contributed by atoms with van der Waals surface area (Å²) in [5.41, 5.74) is 2.66. The Hall–Kier alpha value is -4.07. The summed E-state index contributed by atoms with van der Waals surface area (Å²) >= 11 is 0.